The van der Waals surface area contributed by atoms with Crippen LogP contribution in [0.1, 0.15) is 21.5 Å². The summed E-state index contributed by atoms with van der Waals surface area (Å²) in [5.74, 6) is -0.931. The van der Waals surface area contributed by atoms with Crippen LogP contribution in [0.25, 0.3) is 0 Å². The van der Waals surface area contributed by atoms with E-state index in [1.807, 2.05) is 30.3 Å². The van der Waals surface area contributed by atoms with Gasteiger partial charge in [-0.3, -0.25) is 0 Å². The normalized spacial score (nSPS) is 10.2. The highest BCUT2D eigenvalue weighted by Crippen LogP contribution is 2.29. The fourth-order valence-electron chi connectivity index (χ4n) is 1.66. The zero-order valence-corrected chi connectivity index (χ0v) is 10.5. The summed E-state index contributed by atoms with van der Waals surface area (Å²) in [5.41, 5.74) is 1.17. The number of aromatic hydroxyl groups is 2. The highest BCUT2D eigenvalue weighted by molar-refractivity contribution is 5.93. The average molecular weight is 258 g/mol. The Morgan fingerprint density at radius 3 is 2.47 bits per heavy atom. The van der Waals surface area contributed by atoms with Crippen molar-refractivity contribution in [3.8, 4) is 11.5 Å². The number of phenolic OH excluding ortho intramolecular Hbond substituents is 2. The lowest BCUT2D eigenvalue weighted by Crippen LogP contribution is -2.06. The van der Waals surface area contributed by atoms with E-state index in [1.165, 1.54) is 19.1 Å². The summed E-state index contributed by atoms with van der Waals surface area (Å²) in [6.45, 7) is 1.66. The number of phenols is 2. The molecule has 0 saturated heterocycles. The van der Waals surface area contributed by atoms with Gasteiger partial charge in [-0.25, -0.2) is 4.79 Å². The van der Waals surface area contributed by atoms with Crippen LogP contribution in [0.3, 0.4) is 0 Å². The van der Waals surface area contributed by atoms with Gasteiger partial charge in [-0.15, -0.1) is 0 Å². The van der Waals surface area contributed by atoms with Crippen molar-refractivity contribution in [1.29, 1.82) is 0 Å². The second-order valence-electron chi connectivity index (χ2n) is 4.17. The Kier molecular flexibility index (Phi) is 3.71. The number of rotatable bonds is 3. The summed E-state index contributed by atoms with van der Waals surface area (Å²) < 4.78 is 5.11. The highest BCUT2D eigenvalue weighted by atomic mass is 16.5. The second-order valence-corrected chi connectivity index (χ2v) is 4.17. The first kappa shape index (κ1) is 13.0. The van der Waals surface area contributed by atoms with Crippen molar-refractivity contribution in [2.45, 2.75) is 13.5 Å². The maximum Gasteiger partial charge on any atom is 0.342 e. The quantitative estimate of drug-likeness (QED) is 0.831. The van der Waals surface area contributed by atoms with E-state index in [0.717, 1.165) is 5.56 Å². The molecule has 19 heavy (non-hydrogen) atoms. The minimum absolute atomic E-state index is 0.0474. The molecule has 0 aliphatic rings. The minimum atomic E-state index is -0.621. The largest absolute Gasteiger partial charge is 0.508 e. The number of carbonyl (C=O) groups is 1. The molecular formula is C15H14O4. The van der Waals surface area contributed by atoms with Crippen molar-refractivity contribution < 1.29 is 19.7 Å². The molecule has 2 aromatic carbocycles. The Morgan fingerprint density at radius 2 is 1.79 bits per heavy atom. The van der Waals surface area contributed by atoms with Crippen molar-refractivity contribution in [2.24, 2.45) is 0 Å². The Morgan fingerprint density at radius 1 is 1.11 bits per heavy atom. The number of benzene rings is 2. The van der Waals surface area contributed by atoms with Gasteiger partial charge in [-0.2, -0.15) is 0 Å². The van der Waals surface area contributed by atoms with Gasteiger partial charge in [0.15, 0.2) is 0 Å². The van der Waals surface area contributed by atoms with E-state index in [0.29, 0.717) is 0 Å². The van der Waals surface area contributed by atoms with Crippen molar-refractivity contribution in [2.75, 3.05) is 0 Å². The maximum atomic E-state index is 11.8. The Labute approximate surface area is 110 Å². The number of carbonyl (C=O) groups excluding carboxylic acids is 1. The van der Waals surface area contributed by atoms with Gasteiger partial charge in [0.1, 0.15) is 23.7 Å². The van der Waals surface area contributed by atoms with E-state index in [2.05, 4.69) is 0 Å². The molecule has 0 unspecified atom stereocenters. The van der Waals surface area contributed by atoms with Crippen LogP contribution in [0.15, 0.2) is 42.5 Å². The molecule has 0 fully saturated rings. The lowest BCUT2D eigenvalue weighted by atomic mass is 10.1. The third kappa shape index (κ3) is 2.85. The summed E-state index contributed by atoms with van der Waals surface area (Å²) in [4.78, 5) is 11.8. The summed E-state index contributed by atoms with van der Waals surface area (Å²) in [6, 6.07) is 12.0. The predicted molar refractivity (Wildman–Crippen MR) is 70.1 cm³/mol. The zero-order valence-electron chi connectivity index (χ0n) is 10.5. The number of hydrogen-bond donors (Lipinski definition) is 2. The zero-order chi connectivity index (χ0) is 13.8. The molecule has 0 heterocycles. The Hall–Kier alpha value is -2.49. The topological polar surface area (TPSA) is 66.8 Å². The molecule has 0 bridgehead atoms. The molecule has 2 rings (SSSR count). The van der Waals surface area contributed by atoms with Crippen LogP contribution >= 0.6 is 0 Å². The molecule has 2 N–H and O–H groups in total. The lowest BCUT2D eigenvalue weighted by molar-refractivity contribution is 0.0469. The second kappa shape index (κ2) is 5.44. The summed E-state index contributed by atoms with van der Waals surface area (Å²) in [6.07, 6.45) is 0. The lowest BCUT2D eigenvalue weighted by Gasteiger charge is -2.09. The van der Waals surface area contributed by atoms with Crippen LogP contribution < -0.4 is 0 Å². The third-order valence-electron chi connectivity index (χ3n) is 2.84. The van der Waals surface area contributed by atoms with E-state index < -0.39 is 5.97 Å². The molecule has 0 atom stereocenters. The maximum absolute atomic E-state index is 11.8. The standard InChI is InChI=1S/C15H14O4/c1-10-13(16)8-7-12(14(10)17)15(18)19-9-11-5-3-2-4-6-11/h2-8,16-17H,9H2,1H3. The van der Waals surface area contributed by atoms with Crippen molar-refractivity contribution >= 4 is 5.97 Å². The Balaban J connectivity index is 2.11. The molecule has 0 aliphatic carbocycles. The monoisotopic (exact) mass is 258 g/mol. The van der Waals surface area contributed by atoms with E-state index in [9.17, 15) is 15.0 Å². The van der Waals surface area contributed by atoms with Gasteiger partial charge >= 0.3 is 5.97 Å². The number of hydrogen-bond acceptors (Lipinski definition) is 4. The smallest absolute Gasteiger partial charge is 0.342 e. The molecular weight excluding hydrogens is 244 g/mol. The van der Waals surface area contributed by atoms with E-state index in [4.69, 9.17) is 4.74 Å². The molecule has 4 heteroatoms. The van der Waals surface area contributed by atoms with Crippen molar-refractivity contribution in [1.82, 2.24) is 0 Å². The number of esters is 1. The fraction of sp³-hybridized carbons (Fsp3) is 0.133. The van der Waals surface area contributed by atoms with Crippen LogP contribution in [-0.2, 0) is 11.3 Å². The summed E-state index contributed by atoms with van der Waals surface area (Å²) in [7, 11) is 0. The predicted octanol–water partition coefficient (Wildman–Crippen LogP) is 2.76. The van der Waals surface area contributed by atoms with Crippen molar-refractivity contribution in [3.05, 3.63) is 59.2 Å². The van der Waals surface area contributed by atoms with Crippen LogP contribution in [0.2, 0.25) is 0 Å². The van der Waals surface area contributed by atoms with Gasteiger partial charge in [-0.05, 0) is 24.6 Å². The van der Waals surface area contributed by atoms with Gasteiger partial charge in [0, 0.05) is 5.56 Å². The SMILES string of the molecule is Cc1c(O)ccc(C(=O)OCc2ccccc2)c1O. The molecule has 0 amide bonds. The van der Waals surface area contributed by atoms with Crippen LogP contribution in [-0.4, -0.2) is 16.2 Å². The highest BCUT2D eigenvalue weighted by Gasteiger charge is 2.16. The molecule has 98 valence electrons. The molecule has 0 saturated carbocycles. The molecule has 0 aliphatic heterocycles. The van der Waals surface area contributed by atoms with Gasteiger partial charge < -0.3 is 14.9 Å². The van der Waals surface area contributed by atoms with E-state index in [1.54, 1.807) is 0 Å². The van der Waals surface area contributed by atoms with Gasteiger partial charge in [0.2, 0.25) is 0 Å². The third-order valence-corrected chi connectivity index (χ3v) is 2.84. The first-order chi connectivity index (χ1) is 9.09. The van der Waals surface area contributed by atoms with Crippen molar-refractivity contribution in [3.63, 3.8) is 0 Å². The Bertz CT molecular complexity index is 591. The van der Waals surface area contributed by atoms with E-state index >= 15 is 0 Å². The first-order valence-electron chi connectivity index (χ1n) is 5.82. The van der Waals surface area contributed by atoms with Gasteiger partial charge in [0.05, 0.1) is 0 Å². The van der Waals surface area contributed by atoms with Crippen LogP contribution in [0, 0.1) is 6.92 Å². The minimum Gasteiger partial charge on any atom is -0.508 e. The van der Waals surface area contributed by atoms with Crippen LogP contribution in [0.4, 0.5) is 0 Å². The fourth-order valence-corrected chi connectivity index (χ4v) is 1.66. The molecule has 2 aromatic rings. The molecule has 0 aromatic heterocycles. The molecule has 0 spiro atoms. The summed E-state index contributed by atoms with van der Waals surface area (Å²) in [5, 5.41) is 19.2. The van der Waals surface area contributed by atoms with Gasteiger partial charge in [0.25, 0.3) is 0 Å². The van der Waals surface area contributed by atoms with E-state index in [-0.39, 0.29) is 29.2 Å². The molecule has 0 radical (unpaired) electrons. The van der Waals surface area contributed by atoms with Crippen LogP contribution in [0.5, 0.6) is 11.5 Å². The number of ether oxygens (including phenoxy) is 1. The molecule has 4 nitrogen and oxygen atoms in total. The average Bonchev–Trinajstić information content (AvgIpc) is 2.43. The first-order valence-corrected chi connectivity index (χ1v) is 5.82. The summed E-state index contributed by atoms with van der Waals surface area (Å²) >= 11 is 0. The van der Waals surface area contributed by atoms with Gasteiger partial charge in [-0.1, -0.05) is 30.3 Å².